The highest BCUT2D eigenvalue weighted by Gasteiger charge is 2.60. The Morgan fingerprint density at radius 1 is 1.33 bits per heavy atom. The van der Waals surface area contributed by atoms with Gasteiger partial charge in [-0.3, -0.25) is 0 Å². The summed E-state index contributed by atoms with van der Waals surface area (Å²) in [5, 5.41) is 3.69. The lowest BCUT2D eigenvalue weighted by atomic mass is 9.72. The van der Waals surface area contributed by atoms with Crippen LogP contribution in [-0.2, 0) is 11.3 Å². The van der Waals surface area contributed by atoms with Gasteiger partial charge in [-0.15, -0.1) is 0 Å². The summed E-state index contributed by atoms with van der Waals surface area (Å²) in [4.78, 5) is 15.6. The number of nitrogens with zero attached hydrogens (tertiary/aromatic N) is 1. The number of rotatable bonds is 6. The van der Waals surface area contributed by atoms with Crippen molar-refractivity contribution < 1.29 is 14.3 Å². The van der Waals surface area contributed by atoms with Crippen molar-refractivity contribution in [3.8, 4) is 5.75 Å². The Labute approximate surface area is 162 Å². The highest BCUT2D eigenvalue weighted by atomic mass is 16.6. The molecule has 0 bridgehead atoms. The second-order valence-electron chi connectivity index (χ2n) is 8.97. The third-order valence-corrected chi connectivity index (χ3v) is 5.37. The molecule has 0 saturated heterocycles. The molecule has 1 N–H and O–H groups in total. The van der Waals surface area contributed by atoms with Crippen LogP contribution in [0.25, 0.3) is 0 Å². The van der Waals surface area contributed by atoms with Gasteiger partial charge in [-0.05, 0) is 71.3 Å². The number of nitrogens with one attached hydrogen (secondary N) is 1. The van der Waals surface area contributed by atoms with E-state index in [1.807, 2.05) is 27.7 Å². The van der Waals surface area contributed by atoms with E-state index in [-0.39, 0.29) is 0 Å². The molecule has 148 valence electrons. The molecular weight excluding hydrogens is 340 g/mol. The van der Waals surface area contributed by atoms with Gasteiger partial charge < -0.3 is 14.8 Å². The van der Waals surface area contributed by atoms with Crippen LogP contribution in [-0.4, -0.2) is 30.6 Å². The summed E-state index contributed by atoms with van der Waals surface area (Å²) in [6.07, 6.45) is 4.70. The fourth-order valence-corrected chi connectivity index (χ4v) is 4.01. The van der Waals surface area contributed by atoms with E-state index in [2.05, 4.69) is 35.4 Å². The fraction of sp³-hybridized carbons (Fsp3) is 0.636. The molecule has 27 heavy (non-hydrogen) atoms. The van der Waals surface area contributed by atoms with E-state index in [4.69, 9.17) is 9.47 Å². The first-order valence-corrected chi connectivity index (χ1v) is 9.94. The van der Waals surface area contributed by atoms with Gasteiger partial charge >= 0.3 is 6.09 Å². The number of hydrogen-bond acceptors (Lipinski definition) is 4. The molecule has 5 heteroatoms. The van der Waals surface area contributed by atoms with Crippen LogP contribution in [0.2, 0.25) is 0 Å². The van der Waals surface area contributed by atoms with Crippen molar-refractivity contribution in [3.05, 3.63) is 29.3 Å². The number of carbonyl (C=O) groups is 1. The Morgan fingerprint density at radius 2 is 2.07 bits per heavy atom. The Balaban J connectivity index is 1.44. The van der Waals surface area contributed by atoms with E-state index in [1.54, 1.807) is 6.21 Å². The van der Waals surface area contributed by atoms with Crippen LogP contribution in [0.1, 0.15) is 58.1 Å². The highest BCUT2D eigenvalue weighted by Crippen LogP contribution is 2.62. The minimum atomic E-state index is -0.489. The molecule has 5 nitrogen and oxygen atoms in total. The number of amides is 1. The zero-order valence-electron chi connectivity index (χ0n) is 17.2. The number of ether oxygens (including phenoxy) is 2. The zero-order chi connectivity index (χ0) is 19.7. The molecule has 1 aromatic rings. The minimum absolute atomic E-state index is 0.391. The van der Waals surface area contributed by atoms with Crippen molar-refractivity contribution in [1.82, 2.24) is 5.32 Å². The number of aryl methyl sites for hydroxylation is 1. The second kappa shape index (κ2) is 7.63. The lowest BCUT2D eigenvalue weighted by Crippen LogP contribution is -2.34. The lowest BCUT2D eigenvalue weighted by Gasteiger charge is -2.34. The monoisotopic (exact) mass is 372 g/mol. The van der Waals surface area contributed by atoms with Gasteiger partial charge in [0.15, 0.2) is 0 Å². The van der Waals surface area contributed by atoms with E-state index in [9.17, 15) is 4.79 Å². The molecule has 2 saturated carbocycles. The van der Waals surface area contributed by atoms with Gasteiger partial charge in [0, 0.05) is 24.4 Å². The molecule has 0 heterocycles. The van der Waals surface area contributed by atoms with Crippen LogP contribution < -0.4 is 10.1 Å². The molecule has 0 aromatic heterocycles. The maximum Gasteiger partial charge on any atom is 0.433 e. The number of carbonyl (C=O) groups excluding carboxylic acids is 1. The van der Waals surface area contributed by atoms with Crippen molar-refractivity contribution in [2.45, 2.75) is 72.1 Å². The third kappa shape index (κ3) is 5.10. The first-order valence-electron chi connectivity index (χ1n) is 9.94. The predicted molar refractivity (Wildman–Crippen MR) is 107 cm³/mol. The molecule has 1 aromatic carbocycles. The van der Waals surface area contributed by atoms with Crippen molar-refractivity contribution >= 4 is 12.3 Å². The first-order chi connectivity index (χ1) is 12.7. The van der Waals surface area contributed by atoms with Gasteiger partial charge in [-0.25, -0.2) is 4.79 Å². The van der Waals surface area contributed by atoms with Crippen LogP contribution in [0, 0.1) is 18.3 Å². The first kappa shape index (κ1) is 19.9. The van der Waals surface area contributed by atoms with Gasteiger partial charge in [0.1, 0.15) is 11.4 Å². The third-order valence-electron chi connectivity index (χ3n) is 5.37. The van der Waals surface area contributed by atoms with Crippen molar-refractivity contribution in [1.29, 1.82) is 0 Å². The molecule has 1 amide bonds. The van der Waals surface area contributed by atoms with E-state index in [0.29, 0.717) is 24.0 Å². The fourth-order valence-electron chi connectivity index (χ4n) is 4.01. The maximum atomic E-state index is 11.7. The summed E-state index contributed by atoms with van der Waals surface area (Å²) in [6, 6.07) is 6.90. The Hall–Kier alpha value is -1.88. The SMILES string of the molecule is CCOc1ccc(C)cc1CNC1CC12CC(/C=N/C(=O)OC(C)(C)C)C2. The Bertz CT molecular complexity index is 715. The summed E-state index contributed by atoms with van der Waals surface area (Å²) < 4.78 is 11.0. The number of aliphatic imine (C=N–C) groups is 1. The molecular formula is C22H32N2O3. The minimum Gasteiger partial charge on any atom is -0.494 e. The van der Waals surface area contributed by atoms with Crippen LogP contribution in [0.3, 0.4) is 0 Å². The molecule has 1 spiro atoms. The van der Waals surface area contributed by atoms with Crippen molar-refractivity contribution in [2.75, 3.05) is 6.61 Å². The largest absolute Gasteiger partial charge is 0.494 e. The van der Waals surface area contributed by atoms with Crippen LogP contribution in [0.4, 0.5) is 4.79 Å². The zero-order valence-corrected chi connectivity index (χ0v) is 17.2. The number of hydrogen-bond donors (Lipinski definition) is 1. The van der Waals surface area contributed by atoms with Crippen molar-refractivity contribution in [2.24, 2.45) is 16.3 Å². The normalized spacial score (nSPS) is 26.9. The summed E-state index contributed by atoms with van der Waals surface area (Å²) in [5.41, 5.74) is 2.39. The molecule has 2 fully saturated rings. The summed E-state index contributed by atoms with van der Waals surface area (Å²) in [6.45, 7) is 11.2. The second-order valence-corrected chi connectivity index (χ2v) is 8.97. The van der Waals surface area contributed by atoms with E-state index < -0.39 is 11.7 Å². The Kier molecular flexibility index (Phi) is 5.61. The van der Waals surface area contributed by atoms with E-state index in [0.717, 1.165) is 25.1 Å². The molecule has 0 radical (unpaired) electrons. The van der Waals surface area contributed by atoms with Crippen LogP contribution >= 0.6 is 0 Å². The summed E-state index contributed by atoms with van der Waals surface area (Å²) >= 11 is 0. The van der Waals surface area contributed by atoms with Gasteiger partial charge in [-0.1, -0.05) is 17.7 Å². The van der Waals surface area contributed by atoms with Crippen LogP contribution in [0.15, 0.2) is 23.2 Å². The average molecular weight is 373 g/mol. The van der Waals surface area contributed by atoms with Gasteiger partial charge in [0.2, 0.25) is 0 Å². The molecule has 2 aliphatic carbocycles. The summed E-state index contributed by atoms with van der Waals surface area (Å²) in [7, 11) is 0. The van der Waals surface area contributed by atoms with Gasteiger partial charge in [0.25, 0.3) is 0 Å². The lowest BCUT2D eigenvalue weighted by molar-refractivity contribution is 0.0603. The predicted octanol–water partition coefficient (Wildman–Crippen LogP) is 4.66. The topological polar surface area (TPSA) is 59.9 Å². The van der Waals surface area contributed by atoms with E-state index in [1.165, 1.54) is 17.5 Å². The smallest absolute Gasteiger partial charge is 0.433 e. The summed E-state index contributed by atoms with van der Waals surface area (Å²) in [5.74, 6) is 1.36. The van der Waals surface area contributed by atoms with E-state index >= 15 is 0 Å². The van der Waals surface area contributed by atoms with Crippen LogP contribution in [0.5, 0.6) is 5.75 Å². The van der Waals surface area contributed by atoms with Gasteiger partial charge in [0.05, 0.1) is 6.61 Å². The van der Waals surface area contributed by atoms with Crippen molar-refractivity contribution in [3.63, 3.8) is 0 Å². The van der Waals surface area contributed by atoms with Gasteiger partial charge in [-0.2, -0.15) is 4.99 Å². The maximum absolute atomic E-state index is 11.7. The molecule has 0 aliphatic heterocycles. The standard InChI is InChI=1S/C22H32N2O3/c1-6-26-18-8-7-15(2)9-17(18)14-23-19-12-22(19)10-16(11-22)13-24-20(25)27-21(3,4)5/h7-9,13,16,19,23H,6,10-12,14H2,1-5H3/b24-13+. The quantitative estimate of drug-likeness (QED) is 0.738. The molecule has 3 rings (SSSR count). The highest BCUT2D eigenvalue weighted by molar-refractivity contribution is 5.81. The number of benzene rings is 1. The molecule has 1 unspecified atom stereocenters. The molecule has 1 atom stereocenters. The Morgan fingerprint density at radius 3 is 2.74 bits per heavy atom. The molecule has 2 aliphatic rings. The average Bonchev–Trinajstić information content (AvgIpc) is 3.25.